The van der Waals surface area contributed by atoms with Crippen LogP contribution in [-0.4, -0.2) is 22.1 Å². The van der Waals surface area contributed by atoms with Crippen molar-refractivity contribution in [1.29, 1.82) is 0 Å². The average molecular weight is 487 g/mol. The van der Waals surface area contributed by atoms with Gasteiger partial charge in [0.1, 0.15) is 11.6 Å². The Labute approximate surface area is 168 Å². The number of amides is 1. The van der Waals surface area contributed by atoms with E-state index in [0.717, 1.165) is 14.6 Å². The summed E-state index contributed by atoms with van der Waals surface area (Å²) in [5.74, 6) is 0.941. The molecule has 132 valence electrons. The fourth-order valence-electron chi connectivity index (χ4n) is 1.92. The van der Waals surface area contributed by atoms with Crippen molar-refractivity contribution in [3.05, 3.63) is 50.5 Å². The predicted octanol–water partition coefficient (Wildman–Crippen LogP) is 4.83. The normalized spacial score (nSPS) is 10.5. The Hall–Kier alpha value is -1.51. The minimum absolute atomic E-state index is 0.0803. The van der Waals surface area contributed by atoms with Crippen LogP contribution in [0.4, 0.5) is 5.82 Å². The van der Waals surface area contributed by atoms with Crippen LogP contribution in [0, 0.1) is 6.92 Å². The summed E-state index contributed by atoms with van der Waals surface area (Å²) in [4.78, 5) is 16.6. The number of rotatable bonds is 4. The Balaban J connectivity index is 2.00. The second-order valence-electron chi connectivity index (χ2n) is 5.49. The van der Waals surface area contributed by atoms with E-state index in [1.54, 1.807) is 24.3 Å². The number of pyridine rings is 1. The smallest absolute Gasteiger partial charge is 0.257 e. The molecule has 0 fully saturated rings. The minimum Gasteiger partial charge on any atom is -0.491 e. The van der Waals surface area contributed by atoms with Crippen LogP contribution in [-0.2, 0) is 0 Å². The van der Waals surface area contributed by atoms with Gasteiger partial charge in [0.05, 0.1) is 16.3 Å². The molecular weight excluding hydrogens is 470 g/mol. The van der Waals surface area contributed by atoms with Gasteiger partial charge in [-0.25, -0.2) is 4.98 Å². The van der Waals surface area contributed by atoms with E-state index in [2.05, 4.69) is 47.5 Å². The fourth-order valence-corrected chi connectivity index (χ4v) is 3.15. The molecule has 2 rings (SSSR count). The lowest BCUT2D eigenvalue weighted by atomic mass is 10.2. The largest absolute Gasteiger partial charge is 0.491 e. The minimum atomic E-state index is -0.307. The van der Waals surface area contributed by atoms with Crippen LogP contribution in [0.3, 0.4) is 0 Å². The highest BCUT2D eigenvalue weighted by atomic mass is 79.9. The maximum absolute atomic E-state index is 12.3. The molecular formula is C17H17Br2N3O2S. The van der Waals surface area contributed by atoms with E-state index >= 15 is 0 Å². The maximum atomic E-state index is 12.3. The molecule has 8 heteroatoms. The van der Waals surface area contributed by atoms with Gasteiger partial charge in [0.25, 0.3) is 5.91 Å². The van der Waals surface area contributed by atoms with Crippen LogP contribution in [0.15, 0.2) is 39.3 Å². The molecule has 0 aliphatic rings. The number of hydrogen-bond donors (Lipinski definition) is 2. The van der Waals surface area contributed by atoms with Gasteiger partial charge in [0, 0.05) is 10.0 Å². The first kappa shape index (κ1) is 19.8. The lowest BCUT2D eigenvalue weighted by Gasteiger charge is -2.12. The molecule has 0 aliphatic heterocycles. The Bertz CT molecular complexity index is 795. The summed E-state index contributed by atoms with van der Waals surface area (Å²) >= 11 is 12.0. The van der Waals surface area contributed by atoms with E-state index in [9.17, 15) is 4.79 Å². The van der Waals surface area contributed by atoms with Crippen LogP contribution >= 0.6 is 44.1 Å². The molecule has 0 bridgehead atoms. The number of benzene rings is 1. The number of nitrogens with zero attached hydrogens (tertiary/aromatic N) is 1. The van der Waals surface area contributed by atoms with E-state index in [-0.39, 0.29) is 17.1 Å². The Kier molecular flexibility index (Phi) is 6.92. The second kappa shape index (κ2) is 8.73. The summed E-state index contributed by atoms with van der Waals surface area (Å²) in [5, 5.41) is 5.72. The zero-order valence-electron chi connectivity index (χ0n) is 13.9. The van der Waals surface area contributed by atoms with Gasteiger partial charge in [-0.1, -0.05) is 0 Å². The zero-order valence-corrected chi connectivity index (χ0v) is 17.9. The topological polar surface area (TPSA) is 63.2 Å². The zero-order chi connectivity index (χ0) is 18.6. The number of aryl methyl sites for hydroxylation is 1. The van der Waals surface area contributed by atoms with Crippen LogP contribution in [0.25, 0.3) is 0 Å². The van der Waals surface area contributed by atoms with Crippen LogP contribution < -0.4 is 15.4 Å². The molecule has 0 radical (unpaired) electrons. The fraction of sp³-hybridized carbons (Fsp3) is 0.235. The monoisotopic (exact) mass is 485 g/mol. The Morgan fingerprint density at radius 2 is 1.84 bits per heavy atom. The van der Waals surface area contributed by atoms with Gasteiger partial charge in [-0.15, -0.1) is 0 Å². The summed E-state index contributed by atoms with van der Waals surface area (Å²) < 4.78 is 7.17. The third-order valence-corrected chi connectivity index (χ3v) is 4.66. The summed E-state index contributed by atoms with van der Waals surface area (Å²) in [6, 6.07) is 8.74. The van der Waals surface area contributed by atoms with E-state index in [0.29, 0.717) is 17.1 Å². The van der Waals surface area contributed by atoms with Gasteiger partial charge in [-0.3, -0.25) is 10.1 Å². The van der Waals surface area contributed by atoms with Crippen LogP contribution in [0.2, 0.25) is 0 Å². The summed E-state index contributed by atoms with van der Waals surface area (Å²) in [6.45, 7) is 5.76. The number of ether oxygens (including phenoxy) is 1. The molecule has 0 saturated carbocycles. The first-order valence-corrected chi connectivity index (χ1v) is 9.47. The van der Waals surface area contributed by atoms with Crippen molar-refractivity contribution in [3.63, 3.8) is 0 Å². The summed E-state index contributed by atoms with van der Waals surface area (Å²) in [7, 11) is 0. The quantitative estimate of drug-likeness (QED) is 0.606. The van der Waals surface area contributed by atoms with Crippen LogP contribution in [0.5, 0.6) is 5.75 Å². The Morgan fingerprint density at radius 3 is 2.44 bits per heavy atom. The van der Waals surface area contributed by atoms with Crippen molar-refractivity contribution in [2.75, 3.05) is 5.32 Å². The number of thiocarbonyl (C=S) groups is 1. The lowest BCUT2D eigenvalue weighted by Crippen LogP contribution is -2.34. The first-order chi connectivity index (χ1) is 11.8. The number of carbonyl (C=O) groups excluding carboxylic acids is 1. The van der Waals surface area contributed by atoms with Gasteiger partial charge in [-0.2, -0.15) is 0 Å². The molecule has 0 saturated heterocycles. The van der Waals surface area contributed by atoms with Crippen molar-refractivity contribution in [2.24, 2.45) is 0 Å². The van der Waals surface area contributed by atoms with Crippen molar-refractivity contribution >= 4 is 60.9 Å². The van der Waals surface area contributed by atoms with Crippen molar-refractivity contribution < 1.29 is 9.53 Å². The molecule has 1 aromatic heterocycles. The summed E-state index contributed by atoms with van der Waals surface area (Å²) in [6.07, 6.45) is 0.0803. The van der Waals surface area contributed by atoms with Gasteiger partial charge in [0.2, 0.25) is 0 Å². The SMILES string of the molecule is Cc1nc(NC(=S)NC(=O)c2ccc(OC(C)C)cc2)c(Br)cc1Br. The molecule has 5 nitrogen and oxygen atoms in total. The van der Waals surface area contributed by atoms with Crippen LogP contribution in [0.1, 0.15) is 29.9 Å². The number of nitrogens with one attached hydrogen (secondary N) is 2. The predicted molar refractivity (Wildman–Crippen MR) is 110 cm³/mol. The highest BCUT2D eigenvalue weighted by Crippen LogP contribution is 2.26. The van der Waals surface area contributed by atoms with Crippen molar-refractivity contribution in [1.82, 2.24) is 10.3 Å². The molecule has 2 aromatic rings. The maximum Gasteiger partial charge on any atom is 0.257 e. The molecule has 0 atom stereocenters. The molecule has 1 amide bonds. The third kappa shape index (κ3) is 5.76. The van der Waals surface area contributed by atoms with E-state index < -0.39 is 0 Å². The summed E-state index contributed by atoms with van der Waals surface area (Å²) in [5.41, 5.74) is 1.29. The van der Waals surface area contributed by atoms with Gasteiger partial charge in [0.15, 0.2) is 5.11 Å². The number of halogens is 2. The van der Waals surface area contributed by atoms with Gasteiger partial charge in [-0.05, 0) is 95.2 Å². The van der Waals surface area contributed by atoms with Gasteiger partial charge >= 0.3 is 0 Å². The molecule has 1 aromatic carbocycles. The third-order valence-electron chi connectivity index (χ3n) is 3.05. The van der Waals surface area contributed by atoms with E-state index in [4.69, 9.17) is 17.0 Å². The second-order valence-corrected chi connectivity index (χ2v) is 7.60. The van der Waals surface area contributed by atoms with Crippen molar-refractivity contribution in [3.8, 4) is 5.75 Å². The lowest BCUT2D eigenvalue weighted by molar-refractivity contribution is 0.0977. The first-order valence-electron chi connectivity index (χ1n) is 7.48. The number of hydrogen-bond acceptors (Lipinski definition) is 4. The Morgan fingerprint density at radius 1 is 1.20 bits per heavy atom. The average Bonchev–Trinajstić information content (AvgIpc) is 2.52. The standard InChI is InChI=1S/C17H17Br2N3O2S/c1-9(2)24-12-6-4-11(5-7-12)16(23)22-17(25)21-15-14(19)8-13(18)10(3)20-15/h4-9H,1-3H3,(H2,20,21,22,23,25). The number of aromatic nitrogens is 1. The number of carbonyl (C=O) groups is 1. The van der Waals surface area contributed by atoms with E-state index in [1.807, 2.05) is 26.8 Å². The molecule has 2 N–H and O–H groups in total. The molecule has 0 aliphatic carbocycles. The molecule has 1 heterocycles. The number of anilines is 1. The van der Waals surface area contributed by atoms with Gasteiger partial charge < -0.3 is 10.1 Å². The highest BCUT2D eigenvalue weighted by molar-refractivity contribution is 9.11. The highest BCUT2D eigenvalue weighted by Gasteiger charge is 2.11. The molecule has 0 unspecified atom stereocenters. The molecule has 25 heavy (non-hydrogen) atoms. The van der Waals surface area contributed by atoms with Crippen molar-refractivity contribution in [2.45, 2.75) is 26.9 Å². The van der Waals surface area contributed by atoms with E-state index in [1.165, 1.54) is 0 Å². The molecule has 0 spiro atoms.